The molecular weight excluding hydrogens is 526 g/mol. The Morgan fingerprint density at radius 2 is 0.837 bits per heavy atom. The number of benzene rings is 6. The molecular formula is C38H23N5. The molecule has 0 aliphatic rings. The summed E-state index contributed by atoms with van der Waals surface area (Å²) in [6.45, 7) is 0. The standard InChI is InChI=1S/C38H23N5/c1-3-12-25(13-4-1)41-28-17-9-18-29-34(28)36-32(42(29)26-14-5-2-6-15-26)21-22-33-37(36)35-30(41)19-10-20-31(35)43(33)38-39-23-24-11-7-8-16-27(24)40-38/h1-23H. The van der Waals surface area contributed by atoms with Crippen molar-refractivity contribution in [2.75, 3.05) is 0 Å². The third-order valence-electron chi connectivity index (χ3n) is 8.85. The molecule has 0 radical (unpaired) electrons. The SMILES string of the molecule is c1ccc(-n2c3ccc4c5c3c3c2cccc3n(-c2ccccc2)c2cccc(c52)n4-c2ncc3ccccc3n2)cc1. The summed E-state index contributed by atoms with van der Waals surface area (Å²) in [4.78, 5) is 9.97. The maximum absolute atomic E-state index is 5.07. The van der Waals surface area contributed by atoms with Gasteiger partial charge in [0.15, 0.2) is 0 Å². The molecule has 10 rings (SSSR count). The molecule has 0 N–H and O–H groups in total. The van der Waals surface area contributed by atoms with Crippen LogP contribution in [0.5, 0.6) is 0 Å². The molecule has 0 spiro atoms. The lowest BCUT2D eigenvalue weighted by Gasteiger charge is -2.13. The van der Waals surface area contributed by atoms with Gasteiger partial charge in [0, 0.05) is 44.5 Å². The molecule has 0 aliphatic carbocycles. The molecule has 0 bridgehead atoms. The lowest BCUT2D eigenvalue weighted by Crippen LogP contribution is -2.01. The fraction of sp³-hybridized carbons (Fsp3) is 0. The fourth-order valence-electron chi connectivity index (χ4n) is 7.16. The Kier molecular flexibility index (Phi) is 4.39. The Bertz CT molecular complexity index is 2660. The number of nitrogens with zero attached hydrogens (tertiary/aromatic N) is 5. The van der Waals surface area contributed by atoms with E-state index in [-0.39, 0.29) is 0 Å². The molecule has 200 valence electrons. The summed E-state index contributed by atoms with van der Waals surface area (Å²) < 4.78 is 7.06. The van der Waals surface area contributed by atoms with Gasteiger partial charge in [-0.15, -0.1) is 0 Å². The zero-order valence-electron chi connectivity index (χ0n) is 23.0. The first-order valence-corrected chi connectivity index (χ1v) is 14.5. The molecule has 10 aromatic rings. The number of rotatable bonds is 3. The van der Waals surface area contributed by atoms with Gasteiger partial charge in [-0.25, -0.2) is 9.97 Å². The normalized spacial score (nSPS) is 12.2. The Morgan fingerprint density at radius 1 is 0.372 bits per heavy atom. The quantitative estimate of drug-likeness (QED) is 0.220. The first-order chi connectivity index (χ1) is 21.4. The predicted octanol–water partition coefficient (Wildman–Crippen LogP) is 9.21. The van der Waals surface area contributed by atoms with Crippen LogP contribution in [0.25, 0.3) is 82.9 Å². The van der Waals surface area contributed by atoms with Gasteiger partial charge in [0.2, 0.25) is 5.95 Å². The molecule has 0 aliphatic heterocycles. The van der Waals surface area contributed by atoms with Crippen molar-refractivity contribution < 1.29 is 0 Å². The van der Waals surface area contributed by atoms with Crippen LogP contribution in [0.1, 0.15) is 0 Å². The van der Waals surface area contributed by atoms with E-state index >= 15 is 0 Å². The molecule has 0 amide bonds. The van der Waals surface area contributed by atoms with Crippen LogP contribution in [0.3, 0.4) is 0 Å². The lowest BCUT2D eigenvalue weighted by atomic mass is 10.1. The minimum Gasteiger partial charge on any atom is -0.309 e. The topological polar surface area (TPSA) is 40.6 Å². The summed E-state index contributed by atoms with van der Waals surface area (Å²) in [6, 6.07) is 47.3. The molecule has 0 unspecified atom stereocenters. The minimum absolute atomic E-state index is 0.675. The van der Waals surface area contributed by atoms with Crippen molar-refractivity contribution in [2.45, 2.75) is 0 Å². The molecule has 0 saturated heterocycles. The van der Waals surface area contributed by atoms with E-state index in [4.69, 9.17) is 9.97 Å². The van der Waals surface area contributed by atoms with Gasteiger partial charge in [0.05, 0.1) is 38.6 Å². The highest BCUT2D eigenvalue weighted by atomic mass is 15.2. The van der Waals surface area contributed by atoms with Gasteiger partial charge >= 0.3 is 0 Å². The zero-order valence-corrected chi connectivity index (χ0v) is 23.0. The van der Waals surface area contributed by atoms with Gasteiger partial charge in [-0.3, -0.25) is 4.57 Å². The van der Waals surface area contributed by atoms with Crippen LogP contribution in [0.4, 0.5) is 0 Å². The van der Waals surface area contributed by atoms with E-state index in [1.165, 1.54) is 38.1 Å². The van der Waals surface area contributed by atoms with Crippen molar-refractivity contribution in [3.05, 3.63) is 140 Å². The smallest absolute Gasteiger partial charge is 0.235 e. The Morgan fingerprint density at radius 3 is 1.42 bits per heavy atom. The number of fused-ring (bicyclic) bond motifs is 1. The van der Waals surface area contributed by atoms with E-state index < -0.39 is 0 Å². The average molecular weight is 550 g/mol. The predicted molar refractivity (Wildman–Crippen MR) is 176 cm³/mol. The monoisotopic (exact) mass is 549 g/mol. The number of para-hydroxylation sites is 3. The van der Waals surface area contributed by atoms with Gasteiger partial charge in [-0.2, -0.15) is 0 Å². The Labute approximate surface area is 245 Å². The van der Waals surface area contributed by atoms with E-state index in [0.29, 0.717) is 5.95 Å². The van der Waals surface area contributed by atoms with Gasteiger partial charge < -0.3 is 9.13 Å². The van der Waals surface area contributed by atoms with Crippen LogP contribution in [0.15, 0.2) is 140 Å². The highest BCUT2D eigenvalue weighted by molar-refractivity contribution is 6.35. The molecule has 43 heavy (non-hydrogen) atoms. The van der Waals surface area contributed by atoms with Gasteiger partial charge in [0.25, 0.3) is 0 Å². The number of hydrogen-bond donors (Lipinski definition) is 0. The molecule has 4 aromatic heterocycles. The van der Waals surface area contributed by atoms with Gasteiger partial charge in [-0.05, 0) is 66.7 Å². The molecule has 0 fully saturated rings. The number of hydrogen-bond acceptors (Lipinski definition) is 2. The molecule has 4 heterocycles. The summed E-state index contributed by atoms with van der Waals surface area (Å²) in [7, 11) is 0. The summed E-state index contributed by atoms with van der Waals surface area (Å²) in [6.07, 6.45) is 1.93. The molecule has 5 heteroatoms. The summed E-state index contributed by atoms with van der Waals surface area (Å²) in [5, 5.41) is 5.95. The zero-order chi connectivity index (χ0) is 28.1. The fourth-order valence-corrected chi connectivity index (χ4v) is 7.16. The van der Waals surface area contributed by atoms with Crippen LogP contribution in [-0.2, 0) is 0 Å². The average Bonchev–Trinajstić information content (AvgIpc) is 3.54. The third-order valence-corrected chi connectivity index (χ3v) is 8.85. The second kappa shape index (κ2) is 8.30. The van der Waals surface area contributed by atoms with E-state index in [2.05, 4.69) is 135 Å². The van der Waals surface area contributed by atoms with Crippen molar-refractivity contribution in [2.24, 2.45) is 0 Å². The van der Waals surface area contributed by atoms with Crippen LogP contribution in [0, 0.1) is 0 Å². The Balaban J connectivity index is 1.49. The largest absolute Gasteiger partial charge is 0.309 e. The lowest BCUT2D eigenvalue weighted by molar-refractivity contribution is 1.01. The maximum Gasteiger partial charge on any atom is 0.235 e. The molecule has 6 aromatic carbocycles. The first kappa shape index (κ1) is 22.7. The van der Waals surface area contributed by atoms with Crippen LogP contribution in [0.2, 0.25) is 0 Å². The molecule has 0 saturated carbocycles. The van der Waals surface area contributed by atoms with E-state index in [0.717, 1.165) is 38.8 Å². The van der Waals surface area contributed by atoms with Gasteiger partial charge in [0.1, 0.15) is 0 Å². The van der Waals surface area contributed by atoms with Crippen molar-refractivity contribution in [3.63, 3.8) is 0 Å². The van der Waals surface area contributed by atoms with Crippen molar-refractivity contribution in [3.8, 4) is 17.3 Å². The van der Waals surface area contributed by atoms with Crippen molar-refractivity contribution in [1.29, 1.82) is 0 Å². The summed E-state index contributed by atoms with van der Waals surface area (Å²) >= 11 is 0. The van der Waals surface area contributed by atoms with E-state index in [1.54, 1.807) is 0 Å². The maximum atomic E-state index is 5.07. The van der Waals surface area contributed by atoms with Crippen LogP contribution < -0.4 is 0 Å². The van der Waals surface area contributed by atoms with Crippen molar-refractivity contribution >= 4 is 65.5 Å². The minimum atomic E-state index is 0.675. The van der Waals surface area contributed by atoms with Crippen LogP contribution >= 0.6 is 0 Å². The van der Waals surface area contributed by atoms with E-state index in [1.807, 2.05) is 18.3 Å². The molecule has 0 atom stereocenters. The first-order valence-electron chi connectivity index (χ1n) is 14.5. The van der Waals surface area contributed by atoms with Crippen molar-refractivity contribution in [1.82, 2.24) is 23.7 Å². The highest BCUT2D eigenvalue weighted by Gasteiger charge is 2.26. The third kappa shape index (κ3) is 2.95. The van der Waals surface area contributed by atoms with E-state index in [9.17, 15) is 0 Å². The second-order valence-corrected chi connectivity index (χ2v) is 11.1. The van der Waals surface area contributed by atoms with Gasteiger partial charge in [-0.1, -0.05) is 66.7 Å². The van der Waals surface area contributed by atoms with Crippen LogP contribution in [-0.4, -0.2) is 23.7 Å². The summed E-state index contributed by atoms with van der Waals surface area (Å²) in [5.74, 6) is 0.675. The Hall–Kier alpha value is -5.94. The second-order valence-electron chi connectivity index (χ2n) is 11.1. The summed E-state index contributed by atoms with van der Waals surface area (Å²) in [5.41, 5.74) is 10.1. The highest BCUT2D eigenvalue weighted by Crippen LogP contribution is 2.46. The molecule has 5 nitrogen and oxygen atoms in total. The number of aromatic nitrogens is 5.